The third kappa shape index (κ3) is 8.69. The Bertz CT molecular complexity index is 207. The fraction of sp³-hybridized carbons (Fsp3) is 0.400. The van der Waals surface area contributed by atoms with Crippen LogP contribution in [0.2, 0.25) is 0 Å². The van der Waals surface area contributed by atoms with Gasteiger partial charge in [0.15, 0.2) is 0 Å². The minimum atomic E-state index is 0.498. The first-order valence-electron chi connectivity index (χ1n) is 4.11. The quantitative estimate of drug-likeness (QED) is 0.494. The number of hydrogen-bond acceptors (Lipinski definition) is 3. The van der Waals surface area contributed by atoms with Gasteiger partial charge in [0, 0.05) is 12.2 Å². The summed E-state index contributed by atoms with van der Waals surface area (Å²) >= 11 is 0. The van der Waals surface area contributed by atoms with Crippen LogP contribution in [0.3, 0.4) is 0 Å². The molecular formula is C10H18N2O. The van der Waals surface area contributed by atoms with Crippen molar-refractivity contribution in [1.29, 1.82) is 0 Å². The van der Waals surface area contributed by atoms with E-state index in [0.717, 1.165) is 6.54 Å². The molecular weight excluding hydrogens is 164 g/mol. The van der Waals surface area contributed by atoms with E-state index in [9.17, 15) is 0 Å². The molecule has 0 unspecified atom stereocenters. The number of allylic oxidation sites excluding steroid dienone is 2. The highest BCUT2D eigenvalue weighted by atomic mass is 16.5. The Hall–Kier alpha value is -1.22. The SMILES string of the molecule is C=C(N)/C=C\C(=C)OCCN(C)C. The first-order valence-corrected chi connectivity index (χ1v) is 4.11. The molecule has 13 heavy (non-hydrogen) atoms. The third-order valence-electron chi connectivity index (χ3n) is 1.31. The van der Waals surface area contributed by atoms with Crippen LogP contribution in [-0.2, 0) is 4.74 Å². The maximum absolute atomic E-state index is 5.33. The van der Waals surface area contributed by atoms with Crippen LogP contribution in [0.5, 0.6) is 0 Å². The molecule has 0 fully saturated rings. The van der Waals surface area contributed by atoms with Gasteiger partial charge in [-0.2, -0.15) is 0 Å². The van der Waals surface area contributed by atoms with Crippen LogP contribution in [0.15, 0.2) is 36.8 Å². The molecule has 0 radical (unpaired) electrons. The van der Waals surface area contributed by atoms with Gasteiger partial charge in [0.1, 0.15) is 12.4 Å². The molecule has 0 heterocycles. The highest BCUT2D eigenvalue weighted by Gasteiger charge is 1.91. The number of rotatable bonds is 6. The molecule has 2 N–H and O–H groups in total. The lowest BCUT2D eigenvalue weighted by Crippen LogP contribution is -2.17. The van der Waals surface area contributed by atoms with Crippen molar-refractivity contribution in [3.63, 3.8) is 0 Å². The largest absolute Gasteiger partial charge is 0.493 e. The van der Waals surface area contributed by atoms with Crippen LogP contribution < -0.4 is 5.73 Å². The van der Waals surface area contributed by atoms with E-state index in [0.29, 0.717) is 18.1 Å². The number of nitrogens with zero attached hydrogens (tertiary/aromatic N) is 1. The summed E-state index contributed by atoms with van der Waals surface area (Å²) in [5, 5.41) is 0. The summed E-state index contributed by atoms with van der Waals surface area (Å²) < 4.78 is 5.28. The van der Waals surface area contributed by atoms with E-state index in [2.05, 4.69) is 13.2 Å². The van der Waals surface area contributed by atoms with Crippen LogP contribution >= 0.6 is 0 Å². The van der Waals surface area contributed by atoms with Gasteiger partial charge < -0.3 is 15.4 Å². The van der Waals surface area contributed by atoms with Crippen LogP contribution in [0.25, 0.3) is 0 Å². The lowest BCUT2D eigenvalue weighted by atomic mass is 10.4. The summed E-state index contributed by atoms with van der Waals surface area (Å²) in [7, 11) is 3.98. The molecule has 0 saturated carbocycles. The predicted octanol–water partition coefficient (Wildman–Crippen LogP) is 1.11. The van der Waals surface area contributed by atoms with E-state index in [4.69, 9.17) is 10.5 Å². The van der Waals surface area contributed by atoms with Crippen LogP contribution in [0, 0.1) is 0 Å². The van der Waals surface area contributed by atoms with Crippen molar-refractivity contribution in [2.24, 2.45) is 5.73 Å². The minimum absolute atomic E-state index is 0.498. The Kier molecular flexibility index (Phi) is 5.72. The second kappa shape index (κ2) is 6.31. The zero-order valence-electron chi connectivity index (χ0n) is 8.42. The van der Waals surface area contributed by atoms with E-state index >= 15 is 0 Å². The third-order valence-corrected chi connectivity index (χ3v) is 1.31. The first-order chi connectivity index (χ1) is 6.02. The molecule has 0 aliphatic carbocycles. The molecule has 74 valence electrons. The van der Waals surface area contributed by atoms with Crippen LogP contribution in [0.4, 0.5) is 0 Å². The fourth-order valence-electron chi connectivity index (χ4n) is 0.607. The van der Waals surface area contributed by atoms with E-state index in [1.165, 1.54) is 0 Å². The molecule has 0 bridgehead atoms. The standard InChI is InChI=1S/C10H18N2O/c1-9(11)5-6-10(2)13-8-7-12(3)4/h5-6H,1-2,7-8,11H2,3-4H3/b6-5-. The highest BCUT2D eigenvalue weighted by Crippen LogP contribution is 1.96. The van der Waals surface area contributed by atoms with Gasteiger partial charge in [0.05, 0.1) is 0 Å². The zero-order valence-corrected chi connectivity index (χ0v) is 8.42. The summed E-state index contributed by atoms with van der Waals surface area (Å²) in [6, 6.07) is 0. The lowest BCUT2D eigenvalue weighted by molar-refractivity contribution is 0.194. The molecule has 0 atom stereocenters. The van der Waals surface area contributed by atoms with Gasteiger partial charge in [-0.3, -0.25) is 0 Å². The number of hydrogen-bond donors (Lipinski definition) is 1. The maximum atomic E-state index is 5.33. The summed E-state index contributed by atoms with van der Waals surface area (Å²) in [5.74, 6) is 0.605. The molecule has 0 aromatic heterocycles. The van der Waals surface area contributed by atoms with Gasteiger partial charge in [0.2, 0.25) is 0 Å². The molecule has 0 aromatic rings. The lowest BCUT2D eigenvalue weighted by Gasteiger charge is -2.10. The monoisotopic (exact) mass is 182 g/mol. The molecule has 0 spiro atoms. The minimum Gasteiger partial charge on any atom is -0.493 e. The van der Waals surface area contributed by atoms with E-state index in [1.807, 2.05) is 19.0 Å². The van der Waals surface area contributed by atoms with E-state index in [1.54, 1.807) is 12.2 Å². The summed E-state index contributed by atoms with van der Waals surface area (Å²) in [6.45, 7) is 8.72. The molecule has 0 saturated heterocycles. The molecule has 3 heteroatoms. The zero-order chi connectivity index (χ0) is 10.3. The predicted molar refractivity (Wildman–Crippen MR) is 56.1 cm³/mol. The van der Waals surface area contributed by atoms with Gasteiger partial charge in [0.25, 0.3) is 0 Å². The van der Waals surface area contributed by atoms with Gasteiger partial charge in [-0.1, -0.05) is 13.2 Å². The second-order valence-electron chi connectivity index (χ2n) is 3.03. The number of ether oxygens (including phenoxy) is 1. The van der Waals surface area contributed by atoms with Crippen molar-refractivity contribution >= 4 is 0 Å². The highest BCUT2D eigenvalue weighted by molar-refractivity contribution is 5.18. The van der Waals surface area contributed by atoms with Crippen LogP contribution in [0.1, 0.15) is 0 Å². The Morgan fingerprint density at radius 2 is 2.00 bits per heavy atom. The smallest absolute Gasteiger partial charge is 0.112 e. The molecule has 0 amide bonds. The summed E-state index contributed by atoms with van der Waals surface area (Å²) in [6.07, 6.45) is 3.37. The topological polar surface area (TPSA) is 38.5 Å². The van der Waals surface area contributed by atoms with Crippen molar-refractivity contribution in [2.75, 3.05) is 27.2 Å². The van der Waals surface area contributed by atoms with Gasteiger partial charge in [-0.15, -0.1) is 0 Å². The van der Waals surface area contributed by atoms with Crippen molar-refractivity contribution in [3.8, 4) is 0 Å². The first kappa shape index (κ1) is 11.8. The molecule has 0 aromatic carbocycles. The second-order valence-corrected chi connectivity index (χ2v) is 3.03. The Morgan fingerprint density at radius 1 is 1.38 bits per heavy atom. The fourth-order valence-corrected chi connectivity index (χ4v) is 0.607. The van der Waals surface area contributed by atoms with E-state index < -0.39 is 0 Å². The maximum Gasteiger partial charge on any atom is 0.112 e. The molecule has 3 nitrogen and oxygen atoms in total. The summed E-state index contributed by atoms with van der Waals surface area (Å²) in [4.78, 5) is 2.04. The number of likely N-dealkylation sites (N-methyl/N-ethyl adjacent to an activating group) is 1. The van der Waals surface area contributed by atoms with Crippen molar-refractivity contribution in [3.05, 3.63) is 36.8 Å². The van der Waals surface area contributed by atoms with Crippen LogP contribution in [-0.4, -0.2) is 32.1 Å². The van der Waals surface area contributed by atoms with Gasteiger partial charge >= 0.3 is 0 Å². The normalized spacial score (nSPS) is 10.7. The van der Waals surface area contributed by atoms with Gasteiger partial charge in [-0.25, -0.2) is 0 Å². The van der Waals surface area contributed by atoms with Crippen molar-refractivity contribution in [1.82, 2.24) is 4.90 Å². The average Bonchev–Trinajstić information content (AvgIpc) is 2.00. The van der Waals surface area contributed by atoms with Crippen molar-refractivity contribution in [2.45, 2.75) is 0 Å². The Labute approximate surface area is 80.2 Å². The molecule has 0 aliphatic heterocycles. The van der Waals surface area contributed by atoms with E-state index in [-0.39, 0.29) is 0 Å². The van der Waals surface area contributed by atoms with Crippen molar-refractivity contribution < 1.29 is 4.74 Å². The summed E-state index contributed by atoms with van der Waals surface area (Å²) in [5.41, 5.74) is 5.83. The number of nitrogens with two attached hydrogens (primary N) is 1. The molecule has 0 aliphatic rings. The molecule has 0 rings (SSSR count). The Morgan fingerprint density at radius 3 is 2.46 bits per heavy atom. The Balaban J connectivity index is 3.58. The van der Waals surface area contributed by atoms with Gasteiger partial charge in [-0.05, 0) is 26.2 Å². The average molecular weight is 182 g/mol.